The second-order valence-electron chi connectivity index (χ2n) is 11.7. The molecule has 0 saturated heterocycles. The molecule has 2 unspecified atom stereocenters. The molecule has 0 saturated carbocycles. The molecule has 0 bridgehead atoms. The quantitative estimate of drug-likeness (QED) is 0.223. The molecule has 207 valence electrons. The number of fused-ring (bicyclic) bond motifs is 6. The van der Waals surface area contributed by atoms with Gasteiger partial charge in [-0.1, -0.05) is 0 Å². The third kappa shape index (κ3) is 5.84. The molecule has 0 spiro atoms. The smallest absolute Gasteiger partial charge is 1.00 e. The first-order chi connectivity index (χ1) is 18.6. The molecule has 0 heterocycles. The molecule has 40 heavy (non-hydrogen) atoms. The maximum atomic E-state index is 2.60. The molecule has 2 atom stereocenters. The fourth-order valence-electron chi connectivity index (χ4n) is 7.39. The van der Waals surface area contributed by atoms with E-state index in [1.165, 1.54) is 36.8 Å². The SMILES string of the molecule is CCC[CH2][SnH]([CH2]CCC)[Hf+2]([CH]1c2ccccc2-c2ccc(C)cc21)[CH]1c2ccccc2-c2ccc(C)cc21.[Cl-].[Cl-]. The average Bonchev–Trinajstić information content (AvgIpc) is 3.42. The minimum atomic E-state index is -2.38. The summed E-state index contributed by atoms with van der Waals surface area (Å²) in [6.45, 7) is 9.45. The molecule has 2 aliphatic rings. The average molecular weight is 842 g/mol. The van der Waals surface area contributed by atoms with Crippen molar-refractivity contribution in [1.29, 1.82) is 0 Å². The van der Waals surface area contributed by atoms with Crippen LogP contribution in [0, 0.1) is 13.8 Å². The Hall–Kier alpha value is -0.871. The van der Waals surface area contributed by atoms with Crippen molar-refractivity contribution in [2.75, 3.05) is 0 Å². The van der Waals surface area contributed by atoms with E-state index < -0.39 is 32.6 Å². The van der Waals surface area contributed by atoms with E-state index in [9.17, 15) is 0 Å². The summed E-state index contributed by atoms with van der Waals surface area (Å²) in [6.07, 6.45) is 5.63. The van der Waals surface area contributed by atoms with Gasteiger partial charge in [0.05, 0.1) is 0 Å². The van der Waals surface area contributed by atoms with Gasteiger partial charge in [0, 0.05) is 0 Å². The first-order valence-electron chi connectivity index (χ1n) is 14.9. The van der Waals surface area contributed by atoms with Crippen molar-refractivity contribution < 1.29 is 42.1 Å². The summed E-state index contributed by atoms with van der Waals surface area (Å²) < 4.78 is 4.70. The fourth-order valence-corrected chi connectivity index (χ4v) is 93.2. The van der Waals surface area contributed by atoms with E-state index in [4.69, 9.17) is 0 Å². The van der Waals surface area contributed by atoms with Crippen molar-refractivity contribution in [2.45, 2.75) is 69.6 Å². The zero-order valence-corrected chi connectivity index (χ0v) is 32.7. The van der Waals surface area contributed by atoms with Gasteiger partial charge in [-0.05, 0) is 0 Å². The van der Waals surface area contributed by atoms with Crippen LogP contribution in [0.2, 0.25) is 8.87 Å². The predicted octanol–water partition coefficient (Wildman–Crippen LogP) is 4.09. The van der Waals surface area contributed by atoms with Crippen LogP contribution in [0.25, 0.3) is 22.3 Å². The van der Waals surface area contributed by atoms with Crippen LogP contribution in [0.15, 0.2) is 84.9 Å². The first kappa shape index (κ1) is 32.1. The van der Waals surface area contributed by atoms with Crippen LogP contribution in [0.1, 0.15) is 80.3 Å². The number of benzene rings is 4. The van der Waals surface area contributed by atoms with Gasteiger partial charge in [0.1, 0.15) is 0 Å². The summed E-state index contributed by atoms with van der Waals surface area (Å²) in [5.41, 5.74) is 15.9. The normalized spacial score (nSPS) is 15.9. The zero-order valence-electron chi connectivity index (χ0n) is 24.3. The van der Waals surface area contributed by atoms with Gasteiger partial charge in [-0.3, -0.25) is 0 Å². The summed E-state index contributed by atoms with van der Waals surface area (Å²) in [5, 5.41) is 0. The van der Waals surface area contributed by atoms with Crippen molar-refractivity contribution >= 4 is 15.3 Å². The van der Waals surface area contributed by atoms with E-state index in [1.54, 1.807) is 53.4 Å². The summed E-state index contributed by atoms with van der Waals surface area (Å²) in [6, 6.07) is 33.9. The topological polar surface area (TPSA) is 0 Å². The van der Waals surface area contributed by atoms with Crippen LogP contribution in [0.4, 0.5) is 0 Å². The van der Waals surface area contributed by atoms with Crippen LogP contribution in [0.5, 0.6) is 0 Å². The van der Waals surface area contributed by atoms with Gasteiger partial charge < -0.3 is 24.8 Å². The second kappa shape index (κ2) is 14.1. The van der Waals surface area contributed by atoms with Gasteiger partial charge in [0.15, 0.2) is 0 Å². The van der Waals surface area contributed by atoms with E-state index >= 15 is 0 Å². The number of rotatable bonds is 9. The van der Waals surface area contributed by atoms with Crippen LogP contribution in [-0.4, -0.2) is 15.3 Å². The van der Waals surface area contributed by atoms with Gasteiger partial charge in [-0.25, -0.2) is 0 Å². The summed E-state index contributed by atoms with van der Waals surface area (Å²) in [5.74, 6) is 0. The molecular formula is C36H41Cl2HfSn. The number of hydrogen-bond acceptors (Lipinski definition) is 0. The molecule has 0 nitrogen and oxygen atoms in total. The second-order valence-corrected chi connectivity index (χ2v) is 62.0. The Morgan fingerprint density at radius 1 is 0.550 bits per heavy atom. The molecule has 0 amide bonds. The summed E-state index contributed by atoms with van der Waals surface area (Å²) >= 11 is -4.27. The molecule has 4 heteroatoms. The van der Waals surface area contributed by atoms with Crippen LogP contribution < -0.4 is 24.8 Å². The molecule has 4 aromatic rings. The Balaban J connectivity index is 0.00000185. The van der Waals surface area contributed by atoms with Crippen molar-refractivity contribution in [3.8, 4) is 22.3 Å². The van der Waals surface area contributed by atoms with Crippen LogP contribution >= 0.6 is 0 Å². The van der Waals surface area contributed by atoms with Crippen molar-refractivity contribution in [1.82, 2.24) is 0 Å². The molecule has 0 radical (unpaired) electrons. The Morgan fingerprint density at radius 2 is 0.950 bits per heavy atom. The predicted molar refractivity (Wildman–Crippen MR) is 163 cm³/mol. The summed E-state index contributed by atoms with van der Waals surface area (Å²) in [4.78, 5) is 0. The molecule has 2 aliphatic carbocycles. The summed E-state index contributed by atoms with van der Waals surface area (Å²) in [7, 11) is 0. The van der Waals surface area contributed by atoms with Crippen LogP contribution in [0.3, 0.4) is 0 Å². The van der Waals surface area contributed by atoms with Gasteiger partial charge in [-0.15, -0.1) is 0 Å². The number of halogens is 2. The molecule has 0 aromatic heterocycles. The Bertz CT molecular complexity index is 1360. The van der Waals surface area contributed by atoms with E-state index in [0.717, 1.165) is 7.35 Å². The third-order valence-corrected chi connectivity index (χ3v) is 79.6. The Kier molecular flexibility index (Phi) is 11.3. The maximum Gasteiger partial charge on any atom is -1.00 e. The van der Waals surface area contributed by atoms with Crippen LogP contribution in [-0.2, 0) is 17.3 Å². The van der Waals surface area contributed by atoms with E-state index in [1.807, 2.05) is 0 Å². The number of aryl methyl sites for hydroxylation is 2. The Labute approximate surface area is 265 Å². The van der Waals surface area contributed by atoms with E-state index in [2.05, 4.69) is 113 Å². The van der Waals surface area contributed by atoms with Gasteiger partial charge in [-0.2, -0.15) is 0 Å². The van der Waals surface area contributed by atoms with E-state index in [-0.39, 0.29) is 24.8 Å². The number of hydrogen-bond donors (Lipinski definition) is 0. The minimum absolute atomic E-state index is 0. The van der Waals surface area contributed by atoms with Crippen molar-refractivity contribution in [3.63, 3.8) is 0 Å². The van der Waals surface area contributed by atoms with Gasteiger partial charge >= 0.3 is 243 Å². The zero-order chi connectivity index (χ0) is 26.2. The maximum absolute atomic E-state index is 2.60. The third-order valence-electron chi connectivity index (χ3n) is 9.11. The molecule has 0 aliphatic heterocycles. The van der Waals surface area contributed by atoms with Gasteiger partial charge in [0.25, 0.3) is 0 Å². The van der Waals surface area contributed by atoms with Crippen molar-refractivity contribution in [2.24, 2.45) is 0 Å². The fraction of sp³-hybridized carbons (Fsp3) is 0.333. The molecule has 0 N–H and O–H groups in total. The standard InChI is InChI=1S/2C14H11.2C4H9.2ClH.Hf.Sn.H/c2*1-10-6-7-14-12(8-10)9-11-4-2-3-5-13(11)14;2*1-3-4-2;;;;;/h2*2-9H,1H3;2*1,3-4H2,2H3;2*1H;;;/q;;;;;;+2;;/p-2. The Morgan fingerprint density at radius 3 is 1.38 bits per heavy atom. The number of unbranched alkanes of at least 4 members (excludes halogenated alkanes) is 2. The molecule has 6 rings (SSSR count). The monoisotopic (exact) mass is 843 g/mol. The molecule has 4 aromatic carbocycles. The molecular weight excluding hydrogens is 801 g/mol. The van der Waals surface area contributed by atoms with Crippen molar-refractivity contribution in [3.05, 3.63) is 118 Å². The largest absolute Gasteiger partial charge is 1.00 e. The minimum Gasteiger partial charge on any atom is -1.00 e. The molecule has 0 fully saturated rings. The van der Waals surface area contributed by atoms with E-state index in [0.29, 0.717) is 0 Å². The van der Waals surface area contributed by atoms with Gasteiger partial charge in [0.2, 0.25) is 0 Å². The first-order valence-corrected chi connectivity index (χ1v) is 39.3.